The van der Waals surface area contributed by atoms with Crippen LogP contribution in [0.3, 0.4) is 0 Å². The lowest BCUT2D eigenvalue weighted by Crippen LogP contribution is -2.35. The van der Waals surface area contributed by atoms with Crippen LogP contribution in [-0.2, 0) is 0 Å². The first-order valence-corrected chi connectivity index (χ1v) is 6.69. The molecule has 1 unspecified atom stereocenters. The van der Waals surface area contributed by atoms with Gasteiger partial charge < -0.3 is 15.4 Å². The molecule has 0 aromatic heterocycles. The molecule has 0 aliphatic carbocycles. The summed E-state index contributed by atoms with van der Waals surface area (Å²) in [5.74, 6) is -2.05. The third-order valence-corrected chi connectivity index (χ3v) is 3.23. The van der Waals surface area contributed by atoms with E-state index in [0.29, 0.717) is 0 Å². The molecule has 8 heteroatoms. The summed E-state index contributed by atoms with van der Waals surface area (Å²) in [4.78, 5) is 12.0. The molecule has 1 amide bonds. The molecular weight excluding hydrogens is 310 g/mol. The van der Waals surface area contributed by atoms with E-state index in [4.69, 9.17) is 10.0 Å². The van der Waals surface area contributed by atoms with Crippen molar-refractivity contribution >= 4 is 18.5 Å². The Bertz CT molecular complexity index is 683. The van der Waals surface area contributed by atoms with Gasteiger partial charge in [0.05, 0.1) is 5.56 Å². The summed E-state index contributed by atoms with van der Waals surface area (Å²) in [6.07, 6.45) is -2.87. The van der Waals surface area contributed by atoms with Gasteiger partial charge in [0.1, 0.15) is 11.9 Å². The summed E-state index contributed by atoms with van der Waals surface area (Å²) < 4.78 is 40.2. The molecule has 0 saturated heterocycles. The Morgan fingerprint density at radius 1 is 1.09 bits per heavy atom. The van der Waals surface area contributed by atoms with Crippen LogP contribution < -0.4 is 10.8 Å². The van der Waals surface area contributed by atoms with Crippen molar-refractivity contribution in [3.63, 3.8) is 0 Å². The Balaban J connectivity index is 2.23. The second kappa shape index (κ2) is 7.30. The highest BCUT2D eigenvalue weighted by molar-refractivity contribution is 6.58. The van der Waals surface area contributed by atoms with Gasteiger partial charge in [-0.25, -0.2) is 13.2 Å². The summed E-state index contributed by atoms with van der Waals surface area (Å²) in [6, 6.07) is 8.92. The maximum atomic E-state index is 13.8. The smallest absolute Gasteiger partial charge is 0.423 e. The zero-order chi connectivity index (χ0) is 17.0. The van der Waals surface area contributed by atoms with Crippen molar-refractivity contribution in [2.75, 3.05) is 0 Å². The summed E-state index contributed by atoms with van der Waals surface area (Å²) in [5.41, 5.74) is -0.415. The van der Waals surface area contributed by atoms with Crippen molar-refractivity contribution in [1.82, 2.24) is 5.32 Å². The average Bonchev–Trinajstić information content (AvgIpc) is 2.52. The lowest BCUT2D eigenvalue weighted by molar-refractivity contribution is 0.0741. The molecule has 0 radical (unpaired) electrons. The molecule has 120 valence electrons. The second-order valence-corrected chi connectivity index (χ2v) is 4.81. The number of carbonyl (C=O) groups is 1. The summed E-state index contributed by atoms with van der Waals surface area (Å²) in [5, 5.41) is 20.0. The largest absolute Gasteiger partial charge is 0.488 e. The highest BCUT2D eigenvalue weighted by atomic mass is 19.3. The topological polar surface area (TPSA) is 69.6 Å². The molecule has 23 heavy (non-hydrogen) atoms. The van der Waals surface area contributed by atoms with Crippen LogP contribution in [0, 0.1) is 5.82 Å². The van der Waals surface area contributed by atoms with E-state index < -0.39 is 36.9 Å². The monoisotopic (exact) mass is 323 g/mol. The van der Waals surface area contributed by atoms with Gasteiger partial charge in [0, 0.05) is 0 Å². The van der Waals surface area contributed by atoms with E-state index in [1.165, 1.54) is 12.1 Å². The minimum absolute atomic E-state index is 0.146. The first-order chi connectivity index (χ1) is 10.9. The van der Waals surface area contributed by atoms with Crippen molar-refractivity contribution in [2.24, 2.45) is 0 Å². The molecule has 0 aliphatic rings. The van der Waals surface area contributed by atoms with E-state index in [9.17, 15) is 18.0 Å². The SMILES string of the molecule is O=C(NC(c1ccccc1)C(F)F)c1ccc(B(O)O)cc1F. The summed E-state index contributed by atoms with van der Waals surface area (Å²) in [6.45, 7) is 0. The fourth-order valence-electron chi connectivity index (χ4n) is 2.05. The van der Waals surface area contributed by atoms with Gasteiger partial charge in [0.2, 0.25) is 0 Å². The number of hydrogen-bond donors (Lipinski definition) is 3. The maximum absolute atomic E-state index is 13.8. The van der Waals surface area contributed by atoms with Crippen LogP contribution in [-0.4, -0.2) is 29.5 Å². The molecule has 1 atom stereocenters. The van der Waals surface area contributed by atoms with Crippen LogP contribution >= 0.6 is 0 Å². The highest BCUT2D eigenvalue weighted by Crippen LogP contribution is 2.21. The lowest BCUT2D eigenvalue weighted by atomic mass is 9.80. The highest BCUT2D eigenvalue weighted by Gasteiger charge is 2.26. The quantitative estimate of drug-likeness (QED) is 0.725. The Labute approximate surface area is 130 Å². The normalized spacial score (nSPS) is 12.1. The Hall–Kier alpha value is -2.32. The van der Waals surface area contributed by atoms with Crippen LogP contribution in [0.5, 0.6) is 0 Å². The standard InChI is InChI=1S/C15H13BF3NO3/c17-12-8-10(16(22)23)6-7-11(12)15(21)20-13(14(18)19)9-4-2-1-3-5-9/h1-8,13-14,22-23H,(H,20,21). The van der Waals surface area contributed by atoms with Crippen LogP contribution in [0.1, 0.15) is 22.0 Å². The number of benzene rings is 2. The number of carbonyl (C=O) groups excluding carboxylic acids is 1. The number of rotatable bonds is 5. The second-order valence-electron chi connectivity index (χ2n) is 4.81. The van der Waals surface area contributed by atoms with E-state index in [1.54, 1.807) is 18.2 Å². The Morgan fingerprint density at radius 2 is 1.74 bits per heavy atom. The van der Waals surface area contributed by atoms with E-state index in [0.717, 1.165) is 18.2 Å². The van der Waals surface area contributed by atoms with Crippen molar-refractivity contribution in [3.8, 4) is 0 Å². The molecule has 0 saturated carbocycles. The van der Waals surface area contributed by atoms with Crippen LogP contribution in [0.2, 0.25) is 0 Å². The number of amides is 1. The average molecular weight is 323 g/mol. The lowest BCUT2D eigenvalue weighted by Gasteiger charge is -2.18. The molecule has 2 aromatic carbocycles. The zero-order valence-electron chi connectivity index (χ0n) is 11.8. The number of alkyl halides is 2. The van der Waals surface area contributed by atoms with Crippen LogP contribution in [0.4, 0.5) is 13.2 Å². The molecule has 4 nitrogen and oxygen atoms in total. The van der Waals surface area contributed by atoms with Crippen LogP contribution in [0.25, 0.3) is 0 Å². The molecule has 0 bridgehead atoms. The molecular formula is C15H13BF3NO3. The van der Waals surface area contributed by atoms with Crippen molar-refractivity contribution in [3.05, 3.63) is 65.5 Å². The maximum Gasteiger partial charge on any atom is 0.488 e. The van der Waals surface area contributed by atoms with Gasteiger partial charge in [0.25, 0.3) is 12.3 Å². The summed E-state index contributed by atoms with van der Waals surface area (Å²) in [7, 11) is -1.89. The van der Waals surface area contributed by atoms with E-state index in [2.05, 4.69) is 5.32 Å². The number of nitrogens with one attached hydrogen (secondary N) is 1. The van der Waals surface area contributed by atoms with Crippen molar-refractivity contribution in [1.29, 1.82) is 0 Å². The fraction of sp³-hybridized carbons (Fsp3) is 0.133. The number of hydrogen-bond acceptors (Lipinski definition) is 3. The minimum atomic E-state index is -2.87. The van der Waals surface area contributed by atoms with Gasteiger partial charge in [-0.1, -0.05) is 36.4 Å². The minimum Gasteiger partial charge on any atom is -0.423 e. The third-order valence-electron chi connectivity index (χ3n) is 3.23. The molecule has 0 heterocycles. The predicted molar refractivity (Wildman–Crippen MR) is 78.9 cm³/mol. The van der Waals surface area contributed by atoms with Gasteiger partial charge >= 0.3 is 7.12 Å². The molecule has 0 aliphatic heterocycles. The number of halogens is 3. The van der Waals surface area contributed by atoms with Crippen molar-refractivity contribution < 1.29 is 28.0 Å². The Kier molecular flexibility index (Phi) is 5.41. The molecule has 0 spiro atoms. The molecule has 0 fully saturated rings. The first-order valence-electron chi connectivity index (χ1n) is 6.69. The molecule has 2 rings (SSSR count). The predicted octanol–water partition coefficient (Wildman–Crippen LogP) is 1.24. The molecule has 3 N–H and O–H groups in total. The fourth-order valence-corrected chi connectivity index (χ4v) is 2.05. The van der Waals surface area contributed by atoms with Crippen LogP contribution in [0.15, 0.2) is 48.5 Å². The van der Waals surface area contributed by atoms with Gasteiger partial charge in [0.15, 0.2) is 0 Å². The summed E-state index contributed by atoms with van der Waals surface area (Å²) >= 11 is 0. The molecule has 2 aromatic rings. The van der Waals surface area contributed by atoms with E-state index in [-0.39, 0.29) is 11.0 Å². The van der Waals surface area contributed by atoms with E-state index in [1.807, 2.05) is 0 Å². The van der Waals surface area contributed by atoms with Crippen molar-refractivity contribution in [2.45, 2.75) is 12.5 Å². The van der Waals surface area contributed by atoms with Gasteiger partial charge in [-0.2, -0.15) is 0 Å². The zero-order valence-corrected chi connectivity index (χ0v) is 11.8. The first kappa shape index (κ1) is 17.0. The van der Waals surface area contributed by atoms with Gasteiger partial charge in [-0.05, 0) is 23.2 Å². The Morgan fingerprint density at radius 3 is 2.26 bits per heavy atom. The third kappa shape index (κ3) is 4.11. The van der Waals surface area contributed by atoms with E-state index >= 15 is 0 Å². The van der Waals surface area contributed by atoms with Gasteiger partial charge in [-0.3, -0.25) is 4.79 Å². The van der Waals surface area contributed by atoms with Gasteiger partial charge in [-0.15, -0.1) is 0 Å².